The number of imide groups is 1. The molecule has 0 saturated heterocycles. The predicted octanol–water partition coefficient (Wildman–Crippen LogP) is 4.74. The van der Waals surface area contributed by atoms with Crippen molar-refractivity contribution in [1.82, 2.24) is 0 Å². The van der Waals surface area contributed by atoms with E-state index < -0.39 is 23.8 Å². The number of anilines is 2. The van der Waals surface area contributed by atoms with Crippen molar-refractivity contribution in [2.24, 2.45) is 0 Å². The van der Waals surface area contributed by atoms with Gasteiger partial charge in [0.25, 0.3) is 11.8 Å². The Hall–Kier alpha value is -4.43. The van der Waals surface area contributed by atoms with E-state index in [0.717, 1.165) is 16.0 Å². The highest BCUT2D eigenvalue weighted by Gasteiger charge is 2.39. The fraction of sp³-hybridized carbons (Fsp3) is 0.111. The number of halogens is 1. The van der Waals surface area contributed by atoms with Crippen LogP contribution in [0.4, 0.5) is 11.4 Å². The van der Waals surface area contributed by atoms with Crippen molar-refractivity contribution in [3.63, 3.8) is 0 Å². The normalized spacial score (nSPS) is 13.2. The van der Waals surface area contributed by atoms with E-state index in [4.69, 9.17) is 16.3 Å². The van der Waals surface area contributed by atoms with Gasteiger partial charge in [-0.2, -0.15) is 0 Å². The first-order valence-corrected chi connectivity index (χ1v) is 11.2. The second-order valence-corrected chi connectivity index (χ2v) is 8.41. The number of rotatable bonds is 6. The zero-order valence-electron chi connectivity index (χ0n) is 19.6. The summed E-state index contributed by atoms with van der Waals surface area (Å²) < 4.78 is 10.1. The van der Waals surface area contributed by atoms with Crippen LogP contribution in [0.3, 0.4) is 0 Å². The zero-order valence-corrected chi connectivity index (χ0v) is 20.4. The molecule has 0 radical (unpaired) electrons. The van der Waals surface area contributed by atoms with Crippen LogP contribution in [0.15, 0.2) is 77.5 Å². The highest BCUT2D eigenvalue weighted by atomic mass is 35.5. The first kappa shape index (κ1) is 24.7. The molecule has 182 valence electrons. The summed E-state index contributed by atoms with van der Waals surface area (Å²) in [7, 11) is 1.26. The summed E-state index contributed by atoms with van der Waals surface area (Å²) in [5.74, 6) is -1.96. The second-order valence-electron chi connectivity index (χ2n) is 8.03. The van der Waals surface area contributed by atoms with E-state index in [-0.39, 0.29) is 22.0 Å². The fourth-order valence-corrected chi connectivity index (χ4v) is 3.83. The van der Waals surface area contributed by atoms with E-state index in [1.54, 1.807) is 18.2 Å². The van der Waals surface area contributed by atoms with E-state index >= 15 is 0 Å². The highest BCUT2D eigenvalue weighted by Crippen LogP contribution is 2.30. The summed E-state index contributed by atoms with van der Waals surface area (Å²) in [6.07, 6.45) is 0. The molecule has 0 aliphatic carbocycles. The number of aryl methyl sites for hydroxylation is 2. The smallest absolute Gasteiger partial charge is 0.343 e. The predicted molar refractivity (Wildman–Crippen MR) is 134 cm³/mol. The topological polar surface area (TPSA) is 102 Å². The molecular formula is C27H21ClN2O6. The first-order valence-electron chi connectivity index (χ1n) is 10.8. The minimum atomic E-state index is -0.705. The van der Waals surface area contributed by atoms with Crippen LogP contribution in [0.25, 0.3) is 0 Å². The zero-order chi connectivity index (χ0) is 26.0. The van der Waals surface area contributed by atoms with Gasteiger partial charge >= 0.3 is 11.9 Å². The minimum Gasteiger partial charge on any atom is -0.465 e. The van der Waals surface area contributed by atoms with Gasteiger partial charge < -0.3 is 14.8 Å². The lowest BCUT2D eigenvalue weighted by molar-refractivity contribution is -0.120. The molecule has 9 heteroatoms. The van der Waals surface area contributed by atoms with Gasteiger partial charge in [0.05, 0.1) is 23.9 Å². The van der Waals surface area contributed by atoms with Crippen molar-refractivity contribution in [1.29, 1.82) is 0 Å². The number of carbonyl (C=O) groups excluding carboxylic acids is 4. The van der Waals surface area contributed by atoms with Crippen molar-refractivity contribution in [3.8, 4) is 5.75 Å². The molecule has 1 N–H and O–H groups in total. The molecule has 0 saturated carbocycles. The number of nitrogens with zero attached hydrogens (tertiary/aromatic N) is 1. The minimum absolute atomic E-state index is 0.107. The second kappa shape index (κ2) is 10.1. The molecule has 3 aromatic rings. The van der Waals surface area contributed by atoms with Gasteiger partial charge in [-0.1, -0.05) is 29.3 Å². The standard InChI is InChI=1S/C27H21ClN2O6/c1-15-4-13-21(16(2)14-15)36-27(34)18-5-9-19(10-6-18)29-23-22(28)24(31)30(25(23)32)20-11-7-17(8-12-20)26(33)35-3/h4-14,29H,1-3H3. The summed E-state index contributed by atoms with van der Waals surface area (Å²) in [5.41, 5.74) is 3.07. The highest BCUT2D eigenvalue weighted by molar-refractivity contribution is 6.53. The monoisotopic (exact) mass is 504 g/mol. The molecule has 1 heterocycles. The molecule has 3 aromatic carbocycles. The molecule has 0 fully saturated rings. The number of esters is 2. The van der Waals surface area contributed by atoms with Gasteiger partial charge in [-0.3, -0.25) is 9.59 Å². The molecule has 4 rings (SSSR count). The number of nitrogens with one attached hydrogen (secondary N) is 1. The number of ether oxygens (including phenoxy) is 2. The lowest BCUT2D eigenvalue weighted by atomic mass is 10.1. The van der Waals surface area contributed by atoms with Crippen LogP contribution in [0, 0.1) is 13.8 Å². The fourth-order valence-electron chi connectivity index (χ4n) is 3.62. The summed E-state index contributed by atoms with van der Waals surface area (Å²) in [5, 5.41) is 2.57. The van der Waals surface area contributed by atoms with Gasteiger partial charge in [0.2, 0.25) is 0 Å². The van der Waals surface area contributed by atoms with E-state index in [9.17, 15) is 19.2 Å². The van der Waals surface area contributed by atoms with E-state index in [0.29, 0.717) is 17.0 Å². The summed E-state index contributed by atoms with van der Waals surface area (Å²) in [6.45, 7) is 3.81. The Morgan fingerprint density at radius 1 is 0.833 bits per heavy atom. The third-order valence-electron chi connectivity index (χ3n) is 5.50. The van der Waals surface area contributed by atoms with Gasteiger partial charge in [-0.15, -0.1) is 0 Å². The van der Waals surface area contributed by atoms with Crippen LogP contribution >= 0.6 is 11.6 Å². The molecule has 0 spiro atoms. The van der Waals surface area contributed by atoms with Gasteiger partial charge in [0.1, 0.15) is 16.5 Å². The summed E-state index contributed by atoms with van der Waals surface area (Å²) >= 11 is 6.18. The molecule has 0 bridgehead atoms. The molecule has 0 atom stereocenters. The first-order chi connectivity index (χ1) is 17.2. The maximum Gasteiger partial charge on any atom is 0.343 e. The Bertz CT molecular complexity index is 1410. The Labute approximate surface area is 212 Å². The van der Waals surface area contributed by atoms with E-state index in [2.05, 4.69) is 10.1 Å². The van der Waals surface area contributed by atoms with Gasteiger partial charge in [-0.25, -0.2) is 14.5 Å². The lowest BCUT2D eigenvalue weighted by Gasteiger charge is -2.15. The maximum atomic E-state index is 13.0. The number of hydrogen-bond donors (Lipinski definition) is 1. The largest absolute Gasteiger partial charge is 0.465 e. The third-order valence-corrected chi connectivity index (χ3v) is 5.85. The summed E-state index contributed by atoms with van der Waals surface area (Å²) in [4.78, 5) is 50.7. The Kier molecular flexibility index (Phi) is 6.89. The molecular weight excluding hydrogens is 484 g/mol. The molecule has 2 amide bonds. The van der Waals surface area contributed by atoms with Crippen molar-refractivity contribution in [3.05, 3.63) is 99.7 Å². The molecule has 0 aromatic heterocycles. The number of carbonyl (C=O) groups is 4. The maximum absolute atomic E-state index is 13.0. The Balaban J connectivity index is 1.47. The van der Waals surface area contributed by atoms with Gasteiger partial charge in [0.15, 0.2) is 0 Å². The van der Waals surface area contributed by atoms with Gasteiger partial charge in [-0.05, 0) is 74.0 Å². The molecule has 0 unspecified atom stereocenters. The molecule has 1 aliphatic rings. The van der Waals surface area contributed by atoms with Gasteiger partial charge in [0, 0.05) is 5.69 Å². The van der Waals surface area contributed by atoms with E-state index in [1.165, 1.54) is 43.5 Å². The SMILES string of the molecule is COC(=O)c1ccc(N2C(=O)C(Cl)=C(Nc3ccc(C(=O)Oc4ccc(C)cc4C)cc3)C2=O)cc1. The van der Waals surface area contributed by atoms with Crippen molar-refractivity contribution < 1.29 is 28.7 Å². The average molecular weight is 505 g/mol. The quantitative estimate of drug-likeness (QED) is 0.294. The van der Waals surface area contributed by atoms with Crippen molar-refractivity contribution in [2.75, 3.05) is 17.3 Å². The number of methoxy groups -OCH3 is 1. The Morgan fingerprint density at radius 2 is 1.44 bits per heavy atom. The van der Waals surface area contributed by atoms with Crippen molar-refractivity contribution in [2.45, 2.75) is 13.8 Å². The lowest BCUT2D eigenvalue weighted by Crippen LogP contribution is -2.32. The average Bonchev–Trinajstić information content (AvgIpc) is 3.08. The van der Waals surface area contributed by atoms with Crippen LogP contribution in [0.1, 0.15) is 31.8 Å². The number of hydrogen-bond acceptors (Lipinski definition) is 7. The number of benzene rings is 3. The Morgan fingerprint density at radius 3 is 2.06 bits per heavy atom. The van der Waals surface area contributed by atoms with Crippen LogP contribution in [0.5, 0.6) is 5.75 Å². The molecule has 1 aliphatic heterocycles. The summed E-state index contributed by atoms with van der Waals surface area (Å²) in [6, 6.07) is 17.5. The van der Waals surface area contributed by atoms with Crippen LogP contribution in [-0.2, 0) is 14.3 Å². The van der Waals surface area contributed by atoms with Crippen LogP contribution in [0.2, 0.25) is 0 Å². The molecule has 36 heavy (non-hydrogen) atoms. The van der Waals surface area contributed by atoms with Crippen LogP contribution in [-0.4, -0.2) is 30.9 Å². The molecule has 8 nitrogen and oxygen atoms in total. The van der Waals surface area contributed by atoms with Crippen LogP contribution < -0.4 is 15.0 Å². The van der Waals surface area contributed by atoms with Crippen molar-refractivity contribution >= 4 is 46.7 Å². The number of amides is 2. The van der Waals surface area contributed by atoms with E-state index in [1.807, 2.05) is 26.0 Å². The third kappa shape index (κ3) is 4.85.